The molecule has 3 heterocycles. The highest BCUT2D eigenvalue weighted by molar-refractivity contribution is 6.31. The van der Waals surface area contributed by atoms with Crippen molar-refractivity contribution >= 4 is 23.8 Å². The van der Waals surface area contributed by atoms with Crippen LogP contribution in [0.4, 0.5) is 0 Å². The zero-order chi connectivity index (χ0) is 21.6. The van der Waals surface area contributed by atoms with Crippen molar-refractivity contribution < 1.29 is 20.1 Å². The van der Waals surface area contributed by atoms with Crippen LogP contribution in [0, 0.1) is 12.8 Å². The van der Waals surface area contributed by atoms with Gasteiger partial charge in [0.1, 0.15) is 30.1 Å². The van der Waals surface area contributed by atoms with E-state index < -0.39 is 30.1 Å². The number of amidine groups is 1. The molecule has 5 N–H and O–H groups in total. The van der Waals surface area contributed by atoms with E-state index in [9.17, 15) is 15.3 Å². The van der Waals surface area contributed by atoms with Gasteiger partial charge >= 0.3 is 0 Å². The van der Waals surface area contributed by atoms with Crippen LogP contribution in [0.1, 0.15) is 30.6 Å². The standard InChI is InChI=1S/C20H28ClN5O4/c1-10-8-11(4-5-13(10)21)14(27)16-20(2,29)15(28)19(30-16)26-7-6-12-17(25-22-3)23-9-24-18(12)26/h4-5,8-9,12,14-16,18-19,22,27-29H,6-7H2,1-3H3,(H,23,24,25)/t12?,14-,15+,16-,18?,19-,20+/m1/s1. The number of aliphatic hydroxyl groups excluding tert-OH is 2. The summed E-state index contributed by atoms with van der Waals surface area (Å²) in [5, 5.41) is 41.0. The molecule has 3 aliphatic rings. The van der Waals surface area contributed by atoms with Crippen LogP contribution < -0.4 is 10.7 Å². The molecule has 1 aromatic rings. The second kappa shape index (κ2) is 8.07. The largest absolute Gasteiger partial charge is 0.386 e. The molecule has 164 valence electrons. The number of hydrogen-bond donors (Lipinski definition) is 5. The van der Waals surface area contributed by atoms with E-state index >= 15 is 0 Å². The van der Waals surface area contributed by atoms with Crippen molar-refractivity contribution in [2.45, 2.75) is 56.6 Å². The van der Waals surface area contributed by atoms with Crippen LogP contribution in [0.3, 0.4) is 0 Å². The number of aliphatic imine (C=N–C) groups is 1. The fourth-order valence-corrected chi connectivity index (χ4v) is 4.70. The molecule has 7 atom stereocenters. The monoisotopic (exact) mass is 437 g/mol. The van der Waals surface area contributed by atoms with Crippen LogP contribution in [0.15, 0.2) is 28.3 Å². The molecule has 9 nitrogen and oxygen atoms in total. The third-order valence-electron chi connectivity index (χ3n) is 6.30. The van der Waals surface area contributed by atoms with E-state index in [1.165, 1.54) is 6.92 Å². The van der Waals surface area contributed by atoms with Crippen LogP contribution in [0.25, 0.3) is 0 Å². The van der Waals surface area contributed by atoms with E-state index in [4.69, 9.17) is 16.3 Å². The number of nitrogens with zero attached hydrogens (tertiary/aromatic N) is 3. The lowest BCUT2D eigenvalue weighted by atomic mass is 9.88. The van der Waals surface area contributed by atoms with Gasteiger partial charge in [0.2, 0.25) is 0 Å². The van der Waals surface area contributed by atoms with Crippen LogP contribution >= 0.6 is 11.6 Å². The van der Waals surface area contributed by atoms with E-state index in [2.05, 4.69) is 20.8 Å². The number of aliphatic hydroxyl groups is 3. The van der Waals surface area contributed by atoms with Gasteiger partial charge in [-0.15, -0.1) is 0 Å². The summed E-state index contributed by atoms with van der Waals surface area (Å²) in [5.74, 6) is 0.697. The van der Waals surface area contributed by atoms with E-state index in [-0.39, 0.29) is 12.1 Å². The molecule has 0 spiro atoms. The van der Waals surface area contributed by atoms with Crippen molar-refractivity contribution in [1.29, 1.82) is 0 Å². The Bertz CT molecular complexity index is 864. The van der Waals surface area contributed by atoms with Gasteiger partial charge < -0.3 is 30.8 Å². The highest BCUT2D eigenvalue weighted by Gasteiger charge is 2.59. The van der Waals surface area contributed by atoms with Gasteiger partial charge in [0, 0.05) is 18.6 Å². The summed E-state index contributed by atoms with van der Waals surface area (Å²) in [7, 11) is 1.72. The highest BCUT2D eigenvalue weighted by atomic mass is 35.5. The van der Waals surface area contributed by atoms with Gasteiger partial charge in [-0.1, -0.05) is 23.7 Å². The van der Waals surface area contributed by atoms with Gasteiger partial charge in [-0.3, -0.25) is 4.90 Å². The molecule has 2 saturated heterocycles. The van der Waals surface area contributed by atoms with Crippen molar-refractivity contribution in [3.05, 3.63) is 34.3 Å². The predicted octanol–water partition coefficient (Wildman–Crippen LogP) is 0.331. The lowest BCUT2D eigenvalue weighted by Gasteiger charge is -2.35. The third-order valence-corrected chi connectivity index (χ3v) is 6.73. The van der Waals surface area contributed by atoms with Crippen LogP contribution in [0.2, 0.25) is 5.02 Å². The molecule has 0 saturated carbocycles. The molecule has 0 aromatic heterocycles. The fraction of sp³-hybridized carbons (Fsp3) is 0.600. The number of hydrogen-bond acceptors (Lipinski definition) is 8. The average Bonchev–Trinajstić information content (AvgIpc) is 3.24. The summed E-state index contributed by atoms with van der Waals surface area (Å²) < 4.78 is 6.11. The number of nitrogens with one attached hydrogen (secondary N) is 2. The highest BCUT2D eigenvalue weighted by Crippen LogP contribution is 2.42. The SMILES string of the molecule is CN/N=C1/N=CNC2C1CCN2[C@@H]1O[C@H]([C@H](O)c2ccc(Cl)c(C)c2)[C@@](C)(O)[C@H]1O. The molecule has 0 radical (unpaired) electrons. The minimum absolute atomic E-state index is 0.0195. The second-order valence-corrected chi connectivity index (χ2v) is 8.67. The Kier molecular flexibility index (Phi) is 5.78. The molecule has 0 amide bonds. The minimum atomic E-state index is -1.65. The number of halogens is 1. The van der Waals surface area contributed by atoms with E-state index in [1.807, 2.05) is 11.8 Å². The fourth-order valence-electron chi connectivity index (χ4n) is 4.59. The van der Waals surface area contributed by atoms with E-state index in [0.717, 1.165) is 12.0 Å². The maximum atomic E-state index is 11.1. The summed E-state index contributed by atoms with van der Waals surface area (Å²) in [6.45, 7) is 3.95. The molecular formula is C20H28ClN5O4. The van der Waals surface area contributed by atoms with Crippen molar-refractivity contribution in [2.75, 3.05) is 13.6 Å². The molecule has 1 aromatic carbocycles. The maximum absolute atomic E-state index is 11.1. The molecular weight excluding hydrogens is 410 g/mol. The first-order valence-corrected chi connectivity index (χ1v) is 10.4. The number of rotatable bonds is 4. The number of ether oxygens (including phenoxy) is 1. The second-order valence-electron chi connectivity index (χ2n) is 8.27. The molecule has 4 rings (SSSR count). The first-order chi connectivity index (χ1) is 14.3. The molecule has 0 bridgehead atoms. The van der Waals surface area contributed by atoms with Crippen LogP contribution in [-0.2, 0) is 4.74 Å². The van der Waals surface area contributed by atoms with Crippen molar-refractivity contribution in [3.63, 3.8) is 0 Å². The smallest absolute Gasteiger partial charge is 0.156 e. The topological polar surface area (TPSA) is 122 Å². The Labute approximate surface area is 180 Å². The molecule has 30 heavy (non-hydrogen) atoms. The normalized spacial score (nSPS) is 38.5. The number of aryl methyl sites for hydroxylation is 1. The third kappa shape index (κ3) is 3.49. The summed E-state index contributed by atoms with van der Waals surface area (Å²) in [5.41, 5.74) is 2.50. The quantitative estimate of drug-likeness (QED) is 0.430. The van der Waals surface area contributed by atoms with Gasteiger partial charge in [0.25, 0.3) is 0 Å². The Morgan fingerprint density at radius 1 is 1.47 bits per heavy atom. The molecule has 2 unspecified atom stereocenters. The van der Waals surface area contributed by atoms with Gasteiger partial charge in [-0.05, 0) is 37.5 Å². The zero-order valence-corrected chi connectivity index (χ0v) is 17.9. The maximum Gasteiger partial charge on any atom is 0.156 e. The van der Waals surface area contributed by atoms with Crippen molar-refractivity contribution in [1.82, 2.24) is 15.6 Å². The Morgan fingerprint density at radius 2 is 2.23 bits per heavy atom. The summed E-state index contributed by atoms with van der Waals surface area (Å²) in [6.07, 6.45) is -1.98. The predicted molar refractivity (Wildman–Crippen MR) is 113 cm³/mol. The Hall–Kier alpha value is -1.75. The molecule has 2 fully saturated rings. The van der Waals surface area contributed by atoms with Crippen molar-refractivity contribution in [2.24, 2.45) is 16.0 Å². The number of benzene rings is 1. The zero-order valence-electron chi connectivity index (χ0n) is 17.2. The minimum Gasteiger partial charge on any atom is -0.386 e. The van der Waals surface area contributed by atoms with Gasteiger partial charge in [0.05, 0.1) is 18.4 Å². The van der Waals surface area contributed by atoms with E-state index in [1.54, 1.807) is 31.6 Å². The summed E-state index contributed by atoms with van der Waals surface area (Å²) in [4.78, 5) is 6.25. The van der Waals surface area contributed by atoms with Gasteiger partial charge in [-0.2, -0.15) is 5.10 Å². The average molecular weight is 438 g/mol. The van der Waals surface area contributed by atoms with Gasteiger partial charge in [-0.25, -0.2) is 4.99 Å². The first kappa shape index (κ1) is 21.5. The van der Waals surface area contributed by atoms with Crippen LogP contribution in [-0.4, -0.2) is 76.2 Å². The number of likely N-dealkylation sites (tertiary alicyclic amines) is 1. The van der Waals surface area contributed by atoms with Crippen molar-refractivity contribution in [3.8, 4) is 0 Å². The Morgan fingerprint density at radius 3 is 2.93 bits per heavy atom. The first-order valence-electron chi connectivity index (χ1n) is 10.0. The summed E-state index contributed by atoms with van der Waals surface area (Å²) >= 11 is 6.09. The lowest BCUT2D eigenvalue weighted by molar-refractivity contribution is -0.129. The summed E-state index contributed by atoms with van der Waals surface area (Å²) in [6, 6.07) is 5.16. The lowest BCUT2D eigenvalue weighted by Crippen LogP contribution is -2.56. The number of fused-ring (bicyclic) bond motifs is 1. The Balaban J connectivity index is 1.57. The molecule has 3 aliphatic heterocycles. The van der Waals surface area contributed by atoms with Gasteiger partial charge in [0.15, 0.2) is 5.84 Å². The molecule has 0 aliphatic carbocycles. The van der Waals surface area contributed by atoms with E-state index in [0.29, 0.717) is 23.0 Å². The van der Waals surface area contributed by atoms with Crippen LogP contribution in [0.5, 0.6) is 0 Å². The molecule has 10 heteroatoms. The number of hydrazone groups is 1.